The van der Waals surface area contributed by atoms with Crippen molar-refractivity contribution >= 4 is 22.3 Å². The second-order valence-electron chi connectivity index (χ2n) is 7.64. The highest BCUT2D eigenvalue weighted by atomic mass is 19.1. The molecule has 0 atom stereocenters. The Morgan fingerprint density at radius 1 is 1.32 bits per heavy atom. The molecule has 0 unspecified atom stereocenters. The van der Waals surface area contributed by atoms with Gasteiger partial charge in [-0.25, -0.2) is 4.39 Å². The summed E-state index contributed by atoms with van der Waals surface area (Å²) in [5.74, 6) is -0.544. The normalized spacial score (nSPS) is 13.7. The van der Waals surface area contributed by atoms with E-state index in [1.807, 2.05) is 19.1 Å². The molecule has 3 aromatic rings. The van der Waals surface area contributed by atoms with E-state index in [0.29, 0.717) is 42.6 Å². The number of carbonyl (C=O) groups excluding carboxylic acids is 1. The molecule has 31 heavy (non-hydrogen) atoms. The van der Waals surface area contributed by atoms with E-state index in [9.17, 15) is 14.0 Å². The summed E-state index contributed by atoms with van der Waals surface area (Å²) in [6.45, 7) is 2.91. The third-order valence-corrected chi connectivity index (χ3v) is 5.62. The molecule has 0 radical (unpaired) electrons. The number of carbonyl (C=O) groups is 1. The first-order valence-electron chi connectivity index (χ1n) is 10.1. The number of rotatable bonds is 4. The summed E-state index contributed by atoms with van der Waals surface area (Å²) in [7, 11) is 0. The summed E-state index contributed by atoms with van der Waals surface area (Å²) in [6, 6.07) is 10.3. The number of halogens is 1. The van der Waals surface area contributed by atoms with Crippen molar-refractivity contribution in [2.75, 3.05) is 13.1 Å². The zero-order valence-electron chi connectivity index (χ0n) is 17.1. The van der Waals surface area contributed by atoms with Gasteiger partial charge in [0.25, 0.3) is 5.56 Å². The summed E-state index contributed by atoms with van der Waals surface area (Å²) < 4.78 is 14.0. The van der Waals surface area contributed by atoms with Gasteiger partial charge in [0, 0.05) is 31.4 Å². The van der Waals surface area contributed by atoms with E-state index in [1.165, 1.54) is 6.07 Å². The molecule has 0 spiro atoms. The molecule has 0 fully saturated rings. The fourth-order valence-electron chi connectivity index (χ4n) is 3.85. The van der Waals surface area contributed by atoms with E-state index in [0.717, 1.165) is 16.8 Å². The molecule has 3 heterocycles. The van der Waals surface area contributed by atoms with Crippen LogP contribution in [0.5, 0.6) is 0 Å². The van der Waals surface area contributed by atoms with Crippen molar-refractivity contribution in [3.8, 4) is 6.07 Å². The number of pyridine rings is 2. The second kappa shape index (κ2) is 8.52. The van der Waals surface area contributed by atoms with E-state index in [4.69, 9.17) is 5.26 Å². The third kappa shape index (κ3) is 4.24. The van der Waals surface area contributed by atoms with E-state index < -0.39 is 11.4 Å². The summed E-state index contributed by atoms with van der Waals surface area (Å²) in [5.41, 5.74) is 3.37. The molecule has 7 heteroatoms. The van der Waals surface area contributed by atoms with Gasteiger partial charge in [0.15, 0.2) is 0 Å². The van der Waals surface area contributed by atoms with Crippen molar-refractivity contribution in [2.45, 2.75) is 26.2 Å². The Morgan fingerprint density at radius 2 is 2.16 bits per heavy atom. The minimum atomic E-state index is -0.544. The summed E-state index contributed by atoms with van der Waals surface area (Å²) in [4.78, 5) is 33.8. The topological polar surface area (TPSA) is 89.9 Å². The molecule has 1 aromatic carbocycles. The van der Waals surface area contributed by atoms with Crippen LogP contribution in [0.15, 0.2) is 47.4 Å². The number of nitrogens with one attached hydrogen (secondary N) is 1. The summed E-state index contributed by atoms with van der Waals surface area (Å²) >= 11 is 0. The molecule has 1 aliphatic heterocycles. The highest BCUT2D eigenvalue weighted by molar-refractivity contribution is 5.85. The third-order valence-electron chi connectivity index (χ3n) is 5.62. The minimum Gasteiger partial charge on any atom is -0.339 e. The van der Waals surface area contributed by atoms with Crippen molar-refractivity contribution in [3.63, 3.8) is 0 Å². The Morgan fingerprint density at radius 3 is 2.84 bits per heavy atom. The van der Waals surface area contributed by atoms with Crippen LogP contribution >= 0.6 is 0 Å². The van der Waals surface area contributed by atoms with Crippen LogP contribution in [0.2, 0.25) is 0 Å². The summed E-state index contributed by atoms with van der Waals surface area (Å²) in [5, 5.41) is 9.51. The largest absolute Gasteiger partial charge is 0.339 e. The van der Waals surface area contributed by atoms with Crippen molar-refractivity contribution in [2.24, 2.45) is 0 Å². The molecule has 4 rings (SSSR count). The smallest absolute Gasteiger partial charge is 0.259 e. The number of H-pyrrole nitrogens is 1. The standard InChI is InChI=1S/C24H21FN4O2/c1-15-2-5-20(25)23-19(15)12-18(28-24(23)31)4-7-22(30)29-10-8-17(9-11-29)21-6-3-16(13-26)14-27-21/h2-3,5-6,8,12,14H,4,7,9-11H2,1H3,(H,28,31). The first-order valence-corrected chi connectivity index (χ1v) is 10.1. The van der Waals surface area contributed by atoms with E-state index >= 15 is 0 Å². The predicted octanol–water partition coefficient (Wildman–Crippen LogP) is 3.49. The number of benzene rings is 1. The number of nitriles is 1. The lowest BCUT2D eigenvalue weighted by Gasteiger charge is -2.26. The molecule has 0 aliphatic carbocycles. The number of hydrogen-bond acceptors (Lipinski definition) is 4. The van der Waals surface area contributed by atoms with Crippen LogP contribution in [-0.4, -0.2) is 33.9 Å². The van der Waals surface area contributed by atoms with Gasteiger partial charge in [-0.1, -0.05) is 12.1 Å². The molecule has 6 nitrogen and oxygen atoms in total. The quantitative estimate of drug-likeness (QED) is 0.705. The lowest BCUT2D eigenvalue weighted by atomic mass is 10.0. The van der Waals surface area contributed by atoms with Crippen LogP contribution in [0.4, 0.5) is 4.39 Å². The Bertz CT molecular complexity index is 1290. The van der Waals surface area contributed by atoms with Crippen LogP contribution in [0.3, 0.4) is 0 Å². The molecule has 156 valence electrons. The molecule has 2 aromatic heterocycles. The van der Waals surface area contributed by atoms with Crippen LogP contribution < -0.4 is 5.56 Å². The van der Waals surface area contributed by atoms with Gasteiger partial charge in [-0.2, -0.15) is 5.26 Å². The first-order chi connectivity index (χ1) is 15.0. The van der Waals surface area contributed by atoms with Gasteiger partial charge in [0.1, 0.15) is 11.9 Å². The maximum Gasteiger partial charge on any atom is 0.259 e. The molecule has 0 bridgehead atoms. The number of aryl methyl sites for hydroxylation is 2. The van der Waals surface area contributed by atoms with Gasteiger partial charge in [0.05, 0.1) is 16.6 Å². The van der Waals surface area contributed by atoms with Crippen molar-refractivity contribution in [1.29, 1.82) is 5.26 Å². The van der Waals surface area contributed by atoms with Gasteiger partial charge < -0.3 is 9.88 Å². The SMILES string of the molecule is Cc1ccc(F)c2c(=O)[nH]c(CCC(=O)N3CC=C(c4ccc(C#N)cn4)CC3)cc12. The van der Waals surface area contributed by atoms with Gasteiger partial charge in [-0.05, 0) is 60.6 Å². The van der Waals surface area contributed by atoms with Gasteiger partial charge in [-0.15, -0.1) is 0 Å². The highest BCUT2D eigenvalue weighted by Crippen LogP contribution is 2.22. The number of hydrogen-bond donors (Lipinski definition) is 1. The first kappa shape index (κ1) is 20.5. The lowest BCUT2D eigenvalue weighted by Crippen LogP contribution is -2.35. The maximum absolute atomic E-state index is 14.0. The van der Waals surface area contributed by atoms with Crippen LogP contribution in [0.25, 0.3) is 16.3 Å². The number of amides is 1. The van der Waals surface area contributed by atoms with Crippen molar-refractivity contribution in [1.82, 2.24) is 14.9 Å². The Labute approximate surface area is 178 Å². The van der Waals surface area contributed by atoms with E-state index in [-0.39, 0.29) is 17.7 Å². The number of fused-ring (bicyclic) bond motifs is 1. The lowest BCUT2D eigenvalue weighted by molar-refractivity contribution is -0.130. The predicted molar refractivity (Wildman–Crippen MR) is 116 cm³/mol. The molecule has 1 N–H and O–H groups in total. The molecule has 0 saturated heterocycles. The average molecular weight is 416 g/mol. The molecular formula is C24H21FN4O2. The van der Waals surface area contributed by atoms with Gasteiger partial charge in [0.2, 0.25) is 5.91 Å². The Balaban J connectivity index is 1.42. The number of aromatic nitrogens is 2. The van der Waals surface area contributed by atoms with Crippen molar-refractivity contribution < 1.29 is 9.18 Å². The fourth-order valence-corrected chi connectivity index (χ4v) is 3.85. The average Bonchev–Trinajstić information content (AvgIpc) is 2.80. The van der Waals surface area contributed by atoms with Crippen LogP contribution in [0.1, 0.15) is 35.4 Å². The van der Waals surface area contributed by atoms with Crippen LogP contribution in [-0.2, 0) is 11.2 Å². The molecule has 1 amide bonds. The highest BCUT2D eigenvalue weighted by Gasteiger charge is 2.19. The zero-order chi connectivity index (χ0) is 22.0. The van der Waals surface area contributed by atoms with E-state index in [1.54, 1.807) is 29.3 Å². The fraction of sp³-hybridized carbons (Fsp3) is 0.250. The van der Waals surface area contributed by atoms with Gasteiger partial charge >= 0.3 is 0 Å². The second-order valence-corrected chi connectivity index (χ2v) is 7.64. The van der Waals surface area contributed by atoms with E-state index in [2.05, 4.69) is 16.0 Å². The Hall–Kier alpha value is -3.79. The zero-order valence-corrected chi connectivity index (χ0v) is 17.1. The molecular weight excluding hydrogens is 395 g/mol. The maximum atomic E-state index is 14.0. The minimum absolute atomic E-state index is 0.00000212. The molecule has 0 saturated carbocycles. The van der Waals surface area contributed by atoms with Crippen molar-refractivity contribution in [3.05, 3.63) is 81.3 Å². The summed E-state index contributed by atoms with van der Waals surface area (Å²) in [6.07, 6.45) is 4.86. The number of nitrogens with zero attached hydrogens (tertiary/aromatic N) is 3. The Kier molecular flexibility index (Phi) is 5.63. The number of aromatic amines is 1. The monoisotopic (exact) mass is 416 g/mol. The van der Waals surface area contributed by atoms with Gasteiger partial charge in [-0.3, -0.25) is 14.6 Å². The molecule has 1 aliphatic rings. The van der Waals surface area contributed by atoms with Crippen LogP contribution in [0, 0.1) is 24.1 Å².